The first-order valence-corrected chi connectivity index (χ1v) is 11.6. The minimum atomic E-state index is -4.02. The number of benzene rings is 3. The second-order valence-corrected chi connectivity index (χ2v) is 9.03. The lowest BCUT2D eigenvalue weighted by molar-refractivity contribution is 0.0685. The first-order valence-electron chi connectivity index (χ1n) is 10.2. The number of sulfonamides is 1. The second kappa shape index (κ2) is 8.80. The van der Waals surface area contributed by atoms with Crippen LogP contribution < -0.4 is 0 Å². The standard InChI is InChI=1S/C25H21NO5S/c1-2-17-26-22(23(27)18-11-5-3-6-12-18)24(31-25(28)19-13-7-4-8-14-19)20-15-9-10-16-21(20)32(26,29)30/h3-16H,2,17H2,1H3. The van der Waals surface area contributed by atoms with Gasteiger partial charge in [-0.05, 0) is 30.7 Å². The molecule has 0 spiro atoms. The van der Waals surface area contributed by atoms with Gasteiger partial charge in [0.05, 0.1) is 10.5 Å². The molecule has 0 N–H and O–H groups in total. The molecule has 3 aromatic rings. The molecule has 0 aromatic heterocycles. The Morgan fingerprint density at radius 1 is 0.812 bits per heavy atom. The number of ether oxygens (including phenoxy) is 1. The fourth-order valence-electron chi connectivity index (χ4n) is 3.57. The molecule has 6 nitrogen and oxygen atoms in total. The molecule has 0 unspecified atom stereocenters. The quantitative estimate of drug-likeness (QED) is 0.410. The molecule has 32 heavy (non-hydrogen) atoms. The number of esters is 1. The van der Waals surface area contributed by atoms with E-state index >= 15 is 0 Å². The van der Waals surface area contributed by atoms with Crippen LogP contribution in [0.15, 0.2) is 95.5 Å². The highest BCUT2D eigenvalue weighted by Crippen LogP contribution is 2.39. The Labute approximate surface area is 186 Å². The van der Waals surface area contributed by atoms with Crippen molar-refractivity contribution in [1.82, 2.24) is 4.31 Å². The van der Waals surface area contributed by atoms with E-state index in [2.05, 4.69) is 0 Å². The molecule has 0 aliphatic carbocycles. The summed E-state index contributed by atoms with van der Waals surface area (Å²) in [5, 5.41) is 0. The van der Waals surface area contributed by atoms with E-state index in [9.17, 15) is 18.0 Å². The van der Waals surface area contributed by atoms with Gasteiger partial charge in [-0.3, -0.25) is 9.10 Å². The average molecular weight is 448 g/mol. The van der Waals surface area contributed by atoms with Crippen LogP contribution in [0.2, 0.25) is 0 Å². The maximum atomic E-state index is 13.6. The maximum absolute atomic E-state index is 13.6. The lowest BCUT2D eigenvalue weighted by Gasteiger charge is -2.32. The minimum absolute atomic E-state index is 0.00563. The zero-order valence-corrected chi connectivity index (χ0v) is 18.2. The Morgan fingerprint density at radius 3 is 2.00 bits per heavy atom. The van der Waals surface area contributed by atoms with Crippen LogP contribution in [0.3, 0.4) is 0 Å². The number of rotatable bonds is 6. The zero-order chi connectivity index (χ0) is 22.7. The summed E-state index contributed by atoms with van der Waals surface area (Å²) in [6.07, 6.45) is 0.465. The smallest absolute Gasteiger partial charge is 0.343 e. The number of carbonyl (C=O) groups is 2. The molecule has 1 aliphatic rings. The van der Waals surface area contributed by atoms with Crippen molar-refractivity contribution in [2.75, 3.05) is 6.54 Å². The molecule has 0 bridgehead atoms. The van der Waals surface area contributed by atoms with Crippen molar-refractivity contribution in [1.29, 1.82) is 0 Å². The molecule has 0 atom stereocenters. The number of ketones is 1. The number of allylic oxidation sites excluding steroid dienone is 1. The van der Waals surface area contributed by atoms with Crippen molar-refractivity contribution in [2.45, 2.75) is 18.2 Å². The third-order valence-corrected chi connectivity index (χ3v) is 6.90. The molecular formula is C25H21NO5S. The first kappa shape index (κ1) is 21.5. The van der Waals surface area contributed by atoms with Crippen molar-refractivity contribution in [3.8, 4) is 0 Å². The van der Waals surface area contributed by atoms with Crippen LogP contribution in [0.5, 0.6) is 0 Å². The summed E-state index contributed by atoms with van der Waals surface area (Å²) in [5.41, 5.74) is 0.607. The van der Waals surface area contributed by atoms with Gasteiger partial charge in [0.25, 0.3) is 10.0 Å². The molecule has 0 radical (unpaired) electrons. The van der Waals surface area contributed by atoms with Gasteiger partial charge in [0.15, 0.2) is 5.76 Å². The Balaban J connectivity index is 1.96. The molecule has 4 rings (SSSR count). The topological polar surface area (TPSA) is 80.8 Å². The van der Waals surface area contributed by atoms with Crippen LogP contribution >= 0.6 is 0 Å². The summed E-state index contributed by atoms with van der Waals surface area (Å²) in [4.78, 5) is 26.5. The van der Waals surface area contributed by atoms with Crippen LogP contribution in [-0.4, -0.2) is 31.0 Å². The number of hydrogen-bond donors (Lipinski definition) is 0. The van der Waals surface area contributed by atoms with Gasteiger partial charge in [0.2, 0.25) is 5.78 Å². The van der Waals surface area contributed by atoms with Crippen LogP contribution in [0.4, 0.5) is 0 Å². The molecule has 7 heteroatoms. The van der Waals surface area contributed by atoms with Gasteiger partial charge in [0, 0.05) is 17.7 Å². The monoisotopic (exact) mass is 447 g/mol. The third kappa shape index (κ3) is 3.83. The van der Waals surface area contributed by atoms with E-state index < -0.39 is 21.8 Å². The Hall–Kier alpha value is -3.71. The highest BCUT2D eigenvalue weighted by Gasteiger charge is 2.41. The lowest BCUT2D eigenvalue weighted by Crippen LogP contribution is -2.39. The van der Waals surface area contributed by atoms with Crippen molar-refractivity contribution in [3.63, 3.8) is 0 Å². The Bertz CT molecular complexity index is 1300. The summed E-state index contributed by atoms with van der Waals surface area (Å²) in [6.45, 7) is 1.88. The number of carbonyl (C=O) groups excluding carboxylic acids is 2. The lowest BCUT2D eigenvalue weighted by atomic mass is 10.0. The fourth-order valence-corrected chi connectivity index (χ4v) is 5.32. The van der Waals surface area contributed by atoms with Gasteiger partial charge < -0.3 is 4.74 Å². The van der Waals surface area contributed by atoms with Gasteiger partial charge in [-0.2, -0.15) is 0 Å². The number of hydrogen-bond acceptors (Lipinski definition) is 5. The highest BCUT2D eigenvalue weighted by atomic mass is 32.2. The summed E-state index contributed by atoms with van der Waals surface area (Å²) in [7, 11) is -4.02. The van der Waals surface area contributed by atoms with E-state index in [0.29, 0.717) is 17.5 Å². The first-order chi connectivity index (χ1) is 15.4. The molecule has 0 saturated heterocycles. The molecule has 0 fully saturated rings. The minimum Gasteiger partial charge on any atom is -0.420 e. The normalized spacial score (nSPS) is 14.6. The van der Waals surface area contributed by atoms with Gasteiger partial charge in [-0.25, -0.2) is 13.2 Å². The highest BCUT2D eigenvalue weighted by molar-refractivity contribution is 7.89. The molecule has 1 heterocycles. The predicted octanol–water partition coefficient (Wildman–Crippen LogP) is 4.51. The van der Waals surface area contributed by atoms with Crippen molar-refractivity contribution < 1.29 is 22.7 Å². The van der Waals surface area contributed by atoms with E-state index in [1.807, 2.05) is 6.92 Å². The van der Waals surface area contributed by atoms with E-state index in [0.717, 1.165) is 4.31 Å². The van der Waals surface area contributed by atoms with Gasteiger partial charge in [-0.15, -0.1) is 0 Å². The van der Waals surface area contributed by atoms with Gasteiger partial charge in [0.1, 0.15) is 5.70 Å². The third-order valence-electron chi connectivity index (χ3n) is 5.05. The molecule has 3 aromatic carbocycles. The summed E-state index contributed by atoms with van der Waals surface area (Å²) in [6, 6.07) is 22.9. The van der Waals surface area contributed by atoms with Crippen LogP contribution in [0.25, 0.3) is 5.76 Å². The average Bonchev–Trinajstić information content (AvgIpc) is 2.83. The zero-order valence-electron chi connectivity index (χ0n) is 17.4. The molecule has 1 aliphatic heterocycles. The maximum Gasteiger partial charge on any atom is 0.343 e. The molecule has 162 valence electrons. The van der Waals surface area contributed by atoms with Crippen molar-refractivity contribution in [3.05, 3.63) is 107 Å². The molecular weight excluding hydrogens is 426 g/mol. The van der Waals surface area contributed by atoms with E-state index in [4.69, 9.17) is 4.74 Å². The van der Waals surface area contributed by atoms with Crippen LogP contribution in [0, 0.1) is 0 Å². The Kier molecular flexibility index (Phi) is 5.92. The van der Waals surface area contributed by atoms with Gasteiger partial charge >= 0.3 is 5.97 Å². The van der Waals surface area contributed by atoms with Crippen LogP contribution in [-0.2, 0) is 14.8 Å². The van der Waals surface area contributed by atoms with E-state index in [-0.39, 0.29) is 28.5 Å². The number of fused-ring (bicyclic) bond motifs is 1. The van der Waals surface area contributed by atoms with Crippen LogP contribution in [0.1, 0.15) is 39.6 Å². The summed E-state index contributed by atoms with van der Waals surface area (Å²) >= 11 is 0. The van der Waals surface area contributed by atoms with Gasteiger partial charge in [-0.1, -0.05) is 67.6 Å². The molecule has 0 saturated carbocycles. The summed E-state index contributed by atoms with van der Waals surface area (Å²) < 4.78 is 33.7. The largest absolute Gasteiger partial charge is 0.420 e. The van der Waals surface area contributed by atoms with Crippen molar-refractivity contribution >= 4 is 27.5 Å². The van der Waals surface area contributed by atoms with E-state index in [1.165, 1.54) is 6.07 Å². The number of nitrogens with zero attached hydrogens (tertiary/aromatic N) is 1. The van der Waals surface area contributed by atoms with E-state index in [1.54, 1.807) is 78.9 Å². The van der Waals surface area contributed by atoms with Crippen molar-refractivity contribution in [2.24, 2.45) is 0 Å². The second-order valence-electron chi connectivity index (χ2n) is 7.20. The predicted molar refractivity (Wildman–Crippen MR) is 120 cm³/mol. The Morgan fingerprint density at radius 2 is 1.38 bits per heavy atom. The summed E-state index contributed by atoms with van der Waals surface area (Å²) in [5.74, 6) is -1.27. The number of Topliss-reactive ketones (excluding diaryl/α,β-unsaturated/α-hetero) is 1. The molecule has 0 amide bonds. The SMILES string of the molecule is CCCN1C(C(=O)c2ccccc2)=C(OC(=O)c2ccccc2)c2ccccc2S1(=O)=O. The fraction of sp³-hybridized carbons (Fsp3) is 0.120.